The third kappa shape index (κ3) is 3.81. The normalized spacial score (nSPS) is 11.8. The van der Waals surface area contributed by atoms with Gasteiger partial charge in [-0.15, -0.1) is 0 Å². The second-order valence-electron chi connectivity index (χ2n) is 4.58. The van der Waals surface area contributed by atoms with Crippen molar-refractivity contribution in [2.45, 2.75) is 32.7 Å². The lowest BCUT2D eigenvalue weighted by Crippen LogP contribution is -2.38. The number of benzene rings is 1. The van der Waals surface area contributed by atoms with Gasteiger partial charge in [0.1, 0.15) is 0 Å². The summed E-state index contributed by atoms with van der Waals surface area (Å²) in [4.78, 5) is 25.5. The van der Waals surface area contributed by atoms with E-state index in [0.717, 1.165) is 0 Å². The van der Waals surface area contributed by atoms with Crippen LogP contribution in [0.3, 0.4) is 0 Å². The number of aliphatic hydroxyl groups excluding tert-OH is 1. The van der Waals surface area contributed by atoms with Crippen molar-refractivity contribution in [1.82, 2.24) is 5.32 Å². The summed E-state index contributed by atoms with van der Waals surface area (Å²) in [7, 11) is 1.65. The number of nitrogens with one attached hydrogen (secondary N) is 1. The fraction of sp³-hybridized carbons (Fsp3) is 0.467. The number of hydrogen-bond acceptors (Lipinski definition) is 3. The van der Waals surface area contributed by atoms with Crippen LogP contribution < -0.4 is 10.2 Å². The molecule has 1 aromatic rings. The minimum Gasteiger partial charge on any atom is -0.394 e. The molecule has 5 heteroatoms. The van der Waals surface area contributed by atoms with Gasteiger partial charge in [-0.05, 0) is 18.6 Å². The van der Waals surface area contributed by atoms with E-state index in [9.17, 15) is 9.59 Å². The quantitative estimate of drug-likeness (QED) is 0.829. The molecule has 5 nitrogen and oxygen atoms in total. The number of carbonyl (C=O) groups is 2. The number of aliphatic hydroxyl groups is 1. The molecule has 0 radical (unpaired) electrons. The van der Waals surface area contributed by atoms with Crippen LogP contribution >= 0.6 is 0 Å². The average molecular weight is 278 g/mol. The summed E-state index contributed by atoms with van der Waals surface area (Å²) in [6.45, 7) is 3.56. The molecule has 0 aliphatic heterocycles. The van der Waals surface area contributed by atoms with E-state index in [1.54, 1.807) is 38.2 Å². The van der Waals surface area contributed by atoms with E-state index < -0.39 is 0 Å². The minimum absolute atomic E-state index is 0.0561. The van der Waals surface area contributed by atoms with Gasteiger partial charge in [-0.2, -0.15) is 0 Å². The van der Waals surface area contributed by atoms with E-state index in [4.69, 9.17) is 5.11 Å². The highest BCUT2D eigenvalue weighted by molar-refractivity contribution is 6.04. The molecule has 0 fully saturated rings. The number of para-hydroxylation sites is 1. The maximum absolute atomic E-state index is 12.2. The summed E-state index contributed by atoms with van der Waals surface area (Å²) >= 11 is 0. The number of hydrogen-bond donors (Lipinski definition) is 2. The predicted octanol–water partition coefficient (Wildman–Crippen LogP) is 1.56. The lowest BCUT2D eigenvalue weighted by atomic mass is 10.1. The Morgan fingerprint density at radius 2 is 1.95 bits per heavy atom. The van der Waals surface area contributed by atoms with Crippen LogP contribution in [-0.4, -0.2) is 36.6 Å². The lowest BCUT2D eigenvalue weighted by molar-refractivity contribution is -0.118. The summed E-state index contributed by atoms with van der Waals surface area (Å²) in [6.07, 6.45) is 1.02. The molecular formula is C15H22N2O3. The van der Waals surface area contributed by atoms with E-state index in [-0.39, 0.29) is 24.5 Å². The first kappa shape index (κ1) is 16.2. The SMILES string of the molecule is CCC(=O)N(C)c1ccccc1C(=O)NC(CC)CO. The zero-order chi connectivity index (χ0) is 15.1. The third-order valence-electron chi connectivity index (χ3n) is 3.23. The molecule has 2 amide bonds. The Labute approximate surface area is 119 Å². The van der Waals surface area contributed by atoms with E-state index >= 15 is 0 Å². The van der Waals surface area contributed by atoms with Crippen molar-refractivity contribution < 1.29 is 14.7 Å². The van der Waals surface area contributed by atoms with Crippen LogP contribution in [0.2, 0.25) is 0 Å². The van der Waals surface area contributed by atoms with Gasteiger partial charge >= 0.3 is 0 Å². The van der Waals surface area contributed by atoms with Crippen molar-refractivity contribution in [3.8, 4) is 0 Å². The van der Waals surface area contributed by atoms with Crippen molar-refractivity contribution in [1.29, 1.82) is 0 Å². The third-order valence-corrected chi connectivity index (χ3v) is 3.23. The Morgan fingerprint density at radius 3 is 2.50 bits per heavy atom. The molecule has 0 spiro atoms. The fourth-order valence-corrected chi connectivity index (χ4v) is 1.87. The second-order valence-corrected chi connectivity index (χ2v) is 4.58. The molecular weight excluding hydrogens is 256 g/mol. The Balaban J connectivity index is 3.00. The largest absolute Gasteiger partial charge is 0.394 e. The van der Waals surface area contributed by atoms with Crippen molar-refractivity contribution in [2.75, 3.05) is 18.6 Å². The molecule has 20 heavy (non-hydrogen) atoms. The summed E-state index contributed by atoms with van der Waals surface area (Å²) in [5.41, 5.74) is 1.01. The van der Waals surface area contributed by atoms with Gasteiger partial charge in [0.15, 0.2) is 0 Å². The molecule has 1 atom stereocenters. The molecule has 2 N–H and O–H groups in total. The van der Waals surface area contributed by atoms with Gasteiger partial charge in [0.05, 0.1) is 23.9 Å². The average Bonchev–Trinajstić information content (AvgIpc) is 2.50. The Hall–Kier alpha value is -1.88. The molecule has 1 rings (SSSR count). The van der Waals surface area contributed by atoms with E-state index in [0.29, 0.717) is 24.1 Å². The van der Waals surface area contributed by atoms with Gasteiger partial charge < -0.3 is 15.3 Å². The minimum atomic E-state index is -0.280. The fourth-order valence-electron chi connectivity index (χ4n) is 1.87. The Kier molecular flexibility index (Phi) is 6.18. The molecule has 0 bridgehead atoms. The van der Waals surface area contributed by atoms with Crippen LogP contribution in [0.4, 0.5) is 5.69 Å². The van der Waals surface area contributed by atoms with Gasteiger partial charge in [0, 0.05) is 13.5 Å². The topological polar surface area (TPSA) is 69.6 Å². The molecule has 0 saturated heterocycles. The van der Waals surface area contributed by atoms with E-state index in [1.807, 2.05) is 6.92 Å². The van der Waals surface area contributed by atoms with Crippen molar-refractivity contribution in [3.05, 3.63) is 29.8 Å². The van der Waals surface area contributed by atoms with Crippen LogP contribution in [0.15, 0.2) is 24.3 Å². The number of amides is 2. The highest BCUT2D eigenvalue weighted by atomic mass is 16.3. The monoisotopic (exact) mass is 278 g/mol. The molecule has 0 saturated carbocycles. The standard InChI is InChI=1S/C15H22N2O3/c1-4-11(10-18)16-15(20)12-8-6-7-9-13(12)17(3)14(19)5-2/h6-9,11,18H,4-5,10H2,1-3H3,(H,16,20). The van der Waals surface area contributed by atoms with Crippen LogP contribution in [0, 0.1) is 0 Å². The number of rotatable bonds is 6. The van der Waals surface area contributed by atoms with Crippen LogP contribution in [0.25, 0.3) is 0 Å². The number of anilines is 1. The predicted molar refractivity (Wildman–Crippen MR) is 78.8 cm³/mol. The number of nitrogens with zero attached hydrogens (tertiary/aromatic N) is 1. The summed E-state index contributed by atoms with van der Waals surface area (Å²) in [6, 6.07) is 6.68. The van der Waals surface area contributed by atoms with E-state index in [2.05, 4.69) is 5.32 Å². The van der Waals surface area contributed by atoms with Crippen LogP contribution in [0.5, 0.6) is 0 Å². The maximum Gasteiger partial charge on any atom is 0.253 e. The van der Waals surface area contributed by atoms with E-state index in [1.165, 1.54) is 4.90 Å². The first-order valence-electron chi connectivity index (χ1n) is 6.82. The van der Waals surface area contributed by atoms with Gasteiger partial charge in [-0.25, -0.2) is 0 Å². The van der Waals surface area contributed by atoms with Gasteiger partial charge in [-0.3, -0.25) is 9.59 Å². The molecule has 0 aliphatic carbocycles. The maximum atomic E-state index is 12.2. The highest BCUT2D eigenvalue weighted by Gasteiger charge is 2.18. The summed E-state index contributed by atoms with van der Waals surface area (Å²) in [5.74, 6) is -0.336. The van der Waals surface area contributed by atoms with Gasteiger partial charge in [-0.1, -0.05) is 26.0 Å². The van der Waals surface area contributed by atoms with Crippen molar-refractivity contribution in [3.63, 3.8) is 0 Å². The summed E-state index contributed by atoms with van der Waals surface area (Å²) < 4.78 is 0. The first-order chi connectivity index (χ1) is 9.54. The first-order valence-corrected chi connectivity index (χ1v) is 6.82. The second kappa shape index (κ2) is 7.65. The molecule has 0 heterocycles. The molecule has 0 aromatic heterocycles. The van der Waals surface area contributed by atoms with Crippen molar-refractivity contribution in [2.24, 2.45) is 0 Å². The van der Waals surface area contributed by atoms with Crippen LogP contribution in [0.1, 0.15) is 37.0 Å². The lowest BCUT2D eigenvalue weighted by Gasteiger charge is -2.21. The highest BCUT2D eigenvalue weighted by Crippen LogP contribution is 2.20. The summed E-state index contributed by atoms with van der Waals surface area (Å²) in [5, 5.41) is 11.9. The molecule has 0 aliphatic rings. The zero-order valence-corrected chi connectivity index (χ0v) is 12.2. The number of carbonyl (C=O) groups excluding carboxylic acids is 2. The Morgan fingerprint density at radius 1 is 1.30 bits per heavy atom. The Bertz CT molecular complexity index is 470. The van der Waals surface area contributed by atoms with Crippen LogP contribution in [-0.2, 0) is 4.79 Å². The van der Waals surface area contributed by atoms with Crippen molar-refractivity contribution >= 4 is 17.5 Å². The molecule has 110 valence electrons. The molecule has 1 aromatic carbocycles. The van der Waals surface area contributed by atoms with Gasteiger partial charge in [0.2, 0.25) is 5.91 Å². The van der Waals surface area contributed by atoms with Gasteiger partial charge in [0.25, 0.3) is 5.91 Å². The zero-order valence-electron chi connectivity index (χ0n) is 12.2. The smallest absolute Gasteiger partial charge is 0.253 e. The molecule has 1 unspecified atom stereocenters.